The molecule has 0 amide bonds. The van der Waals surface area contributed by atoms with E-state index in [1.807, 2.05) is 55.5 Å². The van der Waals surface area contributed by atoms with E-state index >= 15 is 0 Å². The van der Waals surface area contributed by atoms with Crippen molar-refractivity contribution in [1.29, 1.82) is 0 Å². The first-order valence-corrected chi connectivity index (χ1v) is 7.10. The van der Waals surface area contributed by atoms with Crippen LogP contribution < -0.4 is 5.32 Å². The third-order valence-corrected chi connectivity index (χ3v) is 4.13. The molecule has 0 bridgehead atoms. The molecule has 0 spiro atoms. The van der Waals surface area contributed by atoms with E-state index in [2.05, 4.69) is 27.3 Å². The van der Waals surface area contributed by atoms with Crippen molar-refractivity contribution in [1.82, 2.24) is 5.32 Å². The van der Waals surface area contributed by atoms with E-state index in [1.165, 1.54) is 5.56 Å². The van der Waals surface area contributed by atoms with Gasteiger partial charge < -0.3 is 10.4 Å². The van der Waals surface area contributed by atoms with Crippen molar-refractivity contribution in [3.8, 4) is 0 Å². The predicted octanol–water partition coefficient (Wildman–Crippen LogP) is 3.45. The Morgan fingerprint density at radius 1 is 1.05 bits per heavy atom. The van der Waals surface area contributed by atoms with E-state index in [4.69, 9.17) is 0 Å². The second-order valence-corrected chi connectivity index (χ2v) is 5.66. The Balaban J connectivity index is 2.14. The van der Waals surface area contributed by atoms with Crippen molar-refractivity contribution < 1.29 is 5.11 Å². The summed E-state index contributed by atoms with van der Waals surface area (Å²) in [7, 11) is 0. The van der Waals surface area contributed by atoms with Crippen molar-refractivity contribution in [2.24, 2.45) is 0 Å². The zero-order chi connectivity index (χ0) is 13.7. The van der Waals surface area contributed by atoms with Gasteiger partial charge >= 0.3 is 0 Å². The van der Waals surface area contributed by atoms with Crippen LogP contribution in [-0.2, 0) is 12.1 Å². The van der Waals surface area contributed by atoms with E-state index in [1.54, 1.807) is 0 Å². The third kappa shape index (κ3) is 3.44. The fourth-order valence-electron chi connectivity index (χ4n) is 1.99. The fraction of sp³-hybridized carbons (Fsp3) is 0.250. The lowest BCUT2D eigenvalue weighted by molar-refractivity contribution is 0.173. The minimum atomic E-state index is -0.434. The molecule has 0 aliphatic carbocycles. The molecule has 2 aromatic rings. The van der Waals surface area contributed by atoms with Crippen molar-refractivity contribution in [2.75, 3.05) is 6.61 Å². The Morgan fingerprint density at radius 3 is 2.32 bits per heavy atom. The van der Waals surface area contributed by atoms with Gasteiger partial charge in [-0.1, -0.05) is 64.5 Å². The van der Waals surface area contributed by atoms with Crippen molar-refractivity contribution in [3.05, 3.63) is 70.2 Å². The van der Waals surface area contributed by atoms with Gasteiger partial charge in [-0.3, -0.25) is 0 Å². The molecule has 0 radical (unpaired) electrons. The molecule has 0 aliphatic rings. The highest BCUT2D eigenvalue weighted by molar-refractivity contribution is 9.10. The Labute approximate surface area is 122 Å². The minimum Gasteiger partial charge on any atom is -0.394 e. The van der Waals surface area contributed by atoms with Gasteiger partial charge in [-0.15, -0.1) is 0 Å². The maximum atomic E-state index is 9.71. The molecular weight excluding hydrogens is 302 g/mol. The molecule has 0 aromatic heterocycles. The van der Waals surface area contributed by atoms with Crippen LogP contribution in [0.25, 0.3) is 0 Å². The zero-order valence-corrected chi connectivity index (χ0v) is 12.5. The monoisotopic (exact) mass is 319 g/mol. The van der Waals surface area contributed by atoms with Gasteiger partial charge in [0, 0.05) is 11.0 Å². The lowest BCUT2D eigenvalue weighted by Crippen LogP contribution is -2.42. The molecule has 3 heteroatoms. The molecule has 2 N–H and O–H groups in total. The molecule has 1 atom stereocenters. The van der Waals surface area contributed by atoms with Gasteiger partial charge in [-0.05, 0) is 24.1 Å². The van der Waals surface area contributed by atoms with Crippen LogP contribution >= 0.6 is 15.9 Å². The first kappa shape index (κ1) is 14.3. The summed E-state index contributed by atoms with van der Waals surface area (Å²) >= 11 is 3.54. The Bertz CT molecular complexity index is 529. The maximum Gasteiger partial charge on any atom is 0.0652 e. The highest BCUT2D eigenvalue weighted by atomic mass is 79.9. The van der Waals surface area contributed by atoms with Gasteiger partial charge in [0.1, 0.15) is 0 Å². The number of halogens is 1. The summed E-state index contributed by atoms with van der Waals surface area (Å²) < 4.78 is 1.08. The first-order chi connectivity index (χ1) is 9.15. The molecule has 2 nitrogen and oxygen atoms in total. The quantitative estimate of drug-likeness (QED) is 0.884. The molecule has 0 aliphatic heterocycles. The largest absolute Gasteiger partial charge is 0.394 e. The maximum absolute atomic E-state index is 9.71. The SMILES string of the molecule is CC(CO)(NCc1ccccc1Br)c1ccccc1. The van der Waals surface area contributed by atoms with E-state index < -0.39 is 5.54 Å². The molecule has 0 fully saturated rings. The third-order valence-electron chi connectivity index (χ3n) is 3.35. The van der Waals surface area contributed by atoms with Crippen molar-refractivity contribution >= 4 is 15.9 Å². The number of hydrogen-bond acceptors (Lipinski definition) is 2. The Morgan fingerprint density at radius 2 is 1.68 bits per heavy atom. The number of rotatable bonds is 5. The predicted molar refractivity (Wildman–Crippen MR) is 81.9 cm³/mol. The number of aliphatic hydroxyl groups excluding tert-OH is 1. The fourth-order valence-corrected chi connectivity index (χ4v) is 2.41. The van der Waals surface area contributed by atoms with E-state index in [0.717, 1.165) is 10.0 Å². The second-order valence-electron chi connectivity index (χ2n) is 4.80. The summed E-state index contributed by atoms with van der Waals surface area (Å²) in [6.07, 6.45) is 0. The minimum absolute atomic E-state index is 0.0570. The lowest BCUT2D eigenvalue weighted by Gasteiger charge is -2.29. The molecule has 1 unspecified atom stereocenters. The molecule has 2 rings (SSSR count). The first-order valence-electron chi connectivity index (χ1n) is 6.30. The topological polar surface area (TPSA) is 32.3 Å². The smallest absolute Gasteiger partial charge is 0.0652 e. The summed E-state index contributed by atoms with van der Waals surface area (Å²) in [5.41, 5.74) is 1.83. The lowest BCUT2D eigenvalue weighted by atomic mass is 9.92. The summed E-state index contributed by atoms with van der Waals surface area (Å²) in [5.74, 6) is 0. The molecular formula is C16H18BrNO. The highest BCUT2D eigenvalue weighted by Gasteiger charge is 2.24. The standard InChI is InChI=1S/C16H18BrNO/c1-16(12-19,14-8-3-2-4-9-14)18-11-13-7-5-6-10-15(13)17/h2-10,18-19H,11-12H2,1H3. The van der Waals surface area contributed by atoms with Crippen molar-refractivity contribution in [3.63, 3.8) is 0 Å². The van der Waals surface area contributed by atoms with Crippen LogP contribution in [0.5, 0.6) is 0 Å². The Kier molecular flexibility index (Phi) is 4.75. The van der Waals surface area contributed by atoms with E-state index in [9.17, 15) is 5.11 Å². The molecule has 2 aromatic carbocycles. The van der Waals surface area contributed by atoms with Gasteiger partial charge in [-0.2, -0.15) is 0 Å². The van der Waals surface area contributed by atoms with Gasteiger partial charge in [0.05, 0.1) is 12.1 Å². The summed E-state index contributed by atoms with van der Waals surface area (Å²) in [4.78, 5) is 0. The van der Waals surface area contributed by atoms with Crippen LogP contribution in [0.2, 0.25) is 0 Å². The number of nitrogens with one attached hydrogen (secondary N) is 1. The molecule has 0 saturated carbocycles. The molecule has 0 saturated heterocycles. The number of benzene rings is 2. The van der Waals surface area contributed by atoms with Crippen LogP contribution in [0.15, 0.2) is 59.1 Å². The van der Waals surface area contributed by atoms with Crippen molar-refractivity contribution in [2.45, 2.75) is 19.0 Å². The van der Waals surface area contributed by atoms with Crippen LogP contribution in [-0.4, -0.2) is 11.7 Å². The second kappa shape index (κ2) is 6.33. The van der Waals surface area contributed by atoms with Gasteiger partial charge in [0.25, 0.3) is 0 Å². The van der Waals surface area contributed by atoms with E-state index in [-0.39, 0.29) is 6.61 Å². The van der Waals surface area contributed by atoms with Gasteiger partial charge in [0.15, 0.2) is 0 Å². The highest BCUT2D eigenvalue weighted by Crippen LogP contribution is 2.22. The van der Waals surface area contributed by atoms with Crippen LogP contribution in [0.4, 0.5) is 0 Å². The average Bonchev–Trinajstić information content (AvgIpc) is 2.47. The molecule has 0 heterocycles. The van der Waals surface area contributed by atoms with Crippen LogP contribution in [0.3, 0.4) is 0 Å². The average molecular weight is 320 g/mol. The Hall–Kier alpha value is -1.16. The zero-order valence-electron chi connectivity index (χ0n) is 10.9. The van der Waals surface area contributed by atoms with Crippen LogP contribution in [0, 0.1) is 0 Å². The molecule has 100 valence electrons. The summed E-state index contributed by atoms with van der Waals surface area (Å²) in [5, 5.41) is 13.2. The molecule has 19 heavy (non-hydrogen) atoms. The summed E-state index contributed by atoms with van der Waals surface area (Å²) in [6, 6.07) is 18.1. The van der Waals surface area contributed by atoms with E-state index in [0.29, 0.717) is 6.54 Å². The van der Waals surface area contributed by atoms with Gasteiger partial charge in [0.2, 0.25) is 0 Å². The number of hydrogen-bond donors (Lipinski definition) is 2. The number of aliphatic hydroxyl groups is 1. The van der Waals surface area contributed by atoms with Crippen LogP contribution in [0.1, 0.15) is 18.1 Å². The normalized spacial score (nSPS) is 14.1. The van der Waals surface area contributed by atoms with Gasteiger partial charge in [-0.25, -0.2) is 0 Å². The summed E-state index contributed by atoms with van der Waals surface area (Å²) in [6.45, 7) is 2.77.